The van der Waals surface area contributed by atoms with E-state index in [1.807, 2.05) is 12.1 Å². The lowest BCUT2D eigenvalue weighted by atomic mass is 9.95. The fourth-order valence-corrected chi connectivity index (χ4v) is 2.62. The molecule has 1 aromatic carbocycles. The summed E-state index contributed by atoms with van der Waals surface area (Å²) in [5, 5.41) is 5.66. The van der Waals surface area contributed by atoms with E-state index < -0.39 is 0 Å². The Bertz CT molecular complexity index is 774. The van der Waals surface area contributed by atoms with Gasteiger partial charge in [-0.05, 0) is 47.0 Å². The highest BCUT2D eigenvalue weighted by Gasteiger charge is 2.27. The van der Waals surface area contributed by atoms with Gasteiger partial charge in [0, 0.05) is 47.8 Å². The molecular weight excluding hydrogens is 322 g/mol. The molecule has 2 heterocycles. The molecule has 0 aliphatic rings. The second-order valence-corrected chi connectivity index (χ2v) is 7.23. The van der Waals surface area contributed by atoms with Gasteiger partial charge in [0.2, 0.25) is 0 Å². The van der Waals surface area contributed by atoms with E-state index in [1.54, 1.807) is 12.4 Å². The molecule has 3 N–H and O–H groups in total. The van der Waals surface area contributed by atoms with E-state index in [2.05, 4.69) is 79.3 Å². The standard InChI is InChI=1S/C12H8N2.C9H23N3/c1-3-9-5-6-10-4-2-8-14-12(10)11(9)13-7-1;1-8(11-7-6-10)9(2,3)12(4)5/h1-8H;8,11H,6-7,10H2,1-5H3. The van der Waals surface area contributed by atoms with E-state index in [1.165, 1.54) is 0 Å². The normalized spacial score (nSPS) is 12.9. The molecule has 0 bridgehead atoms. The summed E-state index contributed by atoms with van der Waals surface area (Å²) < 4.78 is 0. The zero-order valence-electron chi connectivity index (χ0n) is 16.5. The predicted octanol–water partition coefficient (Wildman–Crippen LogP) is 3.05. The number of fused-ring (bicyclic) bond motifs is 3. The van der Waals surface area contributed by atoms with Crippen molar-refractivity contribution in [2.45, 2.75) is 32.4 Å². The van der Waals surface area contributed by atoms with Crippen molar-refractivity contribution in [2.24, 2.45) is 5.73 Å². The van der Waals surface area contributed by atoms with Crippen LogP contribution in [0.3, 0.4) is 0 Å². The number of hydrogen-bond donors (Lipinski definition) is 2. The number of hydrogen-bond acceptors (Lipinski definition) is 5. The first-order valence-corrected chi connectivity index (χ1v) is 9.07. The van der Waals surface area contributed by atoms with Gasteiger partial charge in [0.25, 0.3) is 0 Å². The Kier molecular flexibility index (Phi) is 7.03. The Labute approximate surface area is 156 Å². The molecule has 26 heavy (non-hydrogen) atoms. The zero-order valence-corrected chi connectivity index (χ0v) is 16.5. The minimum Gasteiger partial charge on any atom is -0.329 e. The van der Waals surface area contributed by atoms with Crippen molar-refractivity contribution in [3.05, 3.63) is 48.8 Å². The van der Waals surface area contributed by atoms with Gasteiger partial charge in [0.05, 0.1) is 11.0 Å². The molecule has 3 rings (SSSR count). The second-order valence-electron chi connectivity index (χ2n) is 7.23. The van der Waals surface area contributed by atoms with E-state index in [4.69, 9.17) is 5.73 Å². The number of likely N-dealkylation sites (N-methyl/N-ethyl adjacent to an activating group) is 1. The summed E-state index contributed by atoms with van der Waals surface area (Å²) in [5.41, 5.74) is 7.55. The summed E-state index contributed by atoms with van der Waals surface area (Å²) in [6, 6.07) is 12.6. The molecule has 140 valence electrons. The molecule has 0 saturated carbocycles. The van der Waals surface area contributed by atoms with Crippen molar-refractivity contribution >= 4 is 21.8 Å². The molecule has 3 aromatic rings. The van der Waals surface area contributed by atoms with E-state index in [9.17, 15) is 0 Å². The van der Waals surface area contributed by atoms with Crippen molar-refractivity contribution in [1.82, 2.24) is 20.2 Å². The first-order valence-electron chi connectivity index (χ1n) is 9.07. The molecule has 0 saturated heterocycles. The molecule has 0 aliphatic carbocycles. The SMILES string of the molecule is CC(NCCN)C(C)(C)N(C)C.c1cnc2c(c1)ccc1cccnc12. The Morgan fingerprint density at radius 3 is 1.92 bits per heavy atom. The van der Waals surface area contributed by atoms with E-state index in [0.717, 1.165) is 28.4 Å². The van der Waals surface area contributed by atoms with Crippen LogP contribution in [0.1, 0.15) is 20.8 Å². The Morgan fingerprint density at radius 2 is 1.50 bits per heavy atom. The highest BCUT2D eigenvalue weighted by atomic mass is 15.2. The van der Waals surface area contributed by atoms with Gasteiger partial charge in [-0.2, -0.15) is 0 Å². The van der Waals surface area contributed by atoms with Crippen LogP contribution in [-0.4, -0.2) is 53.6 Å². The Hall–Kier alpha value is -2.08. The summed E-state index contributed by atoms with van der Waals surface area (Å²) >= 11 is 0. The maximum Gasteiger partial charge on any atom is 0.0964 e. The topological polar surface area (TPSA) is 67.1 Å². The molecule has 0 spiro atoms. The fraction of sp³-hybridized carbons (Fsp3) is 0.429. The third-order valence-electron chi connectivity index (χ3n) is 5.15. The van der Waals surface area contributed by atoms with Crippen molar-refractivity contribution in [1.29, 1.82) is 0 Å². The minimum absolute atomic E-state index is 0.176. The number of nitrogens with two attached hydrogens (primary N) is 1. The molecule has 1 unspecified atom stereocenters. The quantitative estimate of drug-likeness (QED) is 0.690. The number of rotatable bonds is 5. The first kappa shape index (κ1) is 20.2. The predicted molar refractivity (Wildman–Crippen MR) is 111 cm³/mol. The number of nitrogens with zero attached hydrogens (tertiary/aromatic N) is 3. The van der Waals surface area contributed by atoms with Gasteiger partial charge in [-0.25, -0.2) is 0 Å². The zero-order chi connectivity index (χ0) is 19.2. The lowest BCUT2D eigenvalue weighted by Crippen LogP contribution is -2.54. The summed E-state index contributed by atoms with van der Waals surface area (Å²) in [5.74, 6) is 0. The molecular formula is C21H31N5. The fourth-order valence-electron chi connectivity index (χ4n) is 2.62. The third-order valence-corrected chi connectivity index (χ3v) is 5.15. The average molecular weight is 354 g/mol. The maximum atomic E-state index is 5.42. The number of nitrogens with one attached hydrogen (secondary N) is 1. The molecule has 0 amide bonds. The lowest BCUT2D eigenvalue weighted by Gasteiger charge is -2.38. The molecule has 1 atom stereocenters. The van der Waals surface area contributed by atoms with E-state index in [0.29, 0.717) is 12.6 Å². The van der Waals surface area contributed by atoms with Gasteiger partial charge in [-0.1, -0.05) is 24.3 Å². The van der Waals surface area contributed by atoms with Gasteiger partial charge < -0.3 is 16.0 Å². The third kappa shape index (κ3) is 4.75. The number of aromatic nitrogens is 2. The highest BCUT2D eigenvalue weighted by molar-refractivity contribution is 6.02. The van der Waals surface area contributed by atoms with Crippen molar-refractivity contribution in [3.8, 4) is 0 Å². The van der Waals surface area contributed by atoms with Crippen LogP contribution >= 0.6 is 0 Å². The molecule has 0 radical (unpaired) electrons. The first-order chi connectivity index (χ1) is 12.4. The van der Waals surface area contributed by atoms with Gasteiger partial charge >= 0.3 is 0 Å². The van der Waals surface area contributed by atoms with Crippen molar-refractivity contribution < 1.29 is 0 Å². The lowest BCUT2D eigenvalue weighted by molar-refractivity contribution is 0.147. The summed E-state index contributed by atoms with van der Waals surface area (Å²) in [6.07, 6.45) is 3.60. The monoisotopic (exact) mass is 353 g/mol. The average Bonchev–Trinajstić information content (AvgIpc) is 2.66. The van der Waals surface area contributed by atoms with Gasteiger partial charge in [0.15, 0.2) is 0 Å². The van der Waals surface area contributed by atoms with Crippen LogP contribution in [0.25, 0.3) is 21.8 Å². The van der Waals surface area contributed by atoms with Crippen LogP contribution in [0.4, 0.5) is 0 Å². The number of pyridine rings is 2. The number of benzene rings is 1. The molecule has 0 aliphatic heterocycles. The van der Waals surface area contributed by atoms with Crippen molar-refractivity contribution in [3.63, 3.8) is 0 Å². The van der Waals surface area contributed by atoms with Crippen LogP contribution < -0.4 is 11.1 Å². The smallest absolute Gasteiger partial charge is 0.0964 e. The van der Waals surface area contributed by atoms with Gasteiger partial charge in [-0.15, -0.1) is 0 Å². The van der Waals surface area contributed by atoms with E-state index >= 15 is 0 Å². The summed E-state index contributed by atoms with van der Waals surface area (Å²) in [4.78, 5) is 10.9. The summed E-state index contributed by atoms with van der Waals surface area (Å²) in [6.45, 7) is 8.23. The van der Waals surface area contributed by atoms with Crippen LogP contribution in [-0.2, 0) is 0 Å². The largest absolute Gasteiger partial charge is 0.329 e. The summed E-state index contributed by atoms with van der Waals surface area (Å²) in [7, 11) is 4.20. The van der Waals surface area contributed by atoms with Gasteiger partial charge in [0.1, 0.15) is 0 Å². The van der Waals surface area contributed by atoms with Crippen LogP contribution in [0, 0.1) is 0 Å². The Morgan fingerprint density at radius 1 is 1.00 bits per heavy atom. The van der Waals surface area contributed by atoms with Crippen LogP contribution in [0.15, 0.2) is 48.8 Å². The maximum absolute atomic E-state index is 5.42. The van der Waals surface area contributed by atoms with Crippen LogP contribution in [0.2, 0.25) is 0 Å². The Balaban J connectivity index is 0.000000191. The van der Waals surface area contributed by atoms with Gasteiger partial charge in [-0.3, -0.25) is 9.97 Å². The molecule has 2 aromatic heterocycles. The molecule has 0 fully saturated rings. The minimum atomic E-state index is 0.176. The molecule has 5 heteroatoms. The molecule has 5 nitrogen and oxygen atoms in total. The van der Waals surface area contributed by atoms with Crippen LogP contribution in [0.5, 0.6) is 0 Å². The highest BCUT2D eigenvalue weighted by Crippen LogP contribution is 2.20. The van der Waals surface area contributed by atoms with E-state index in [-0.39, 0.29) is 5.54 Å². The van der Waals surface area contributed by atoms with Crippen molar-refractivity contribution in [2.75, 3.05) is 27.2 Å². The second kappa shape index (κ2) is 9.03.